The van der Waals surface area contributed by atoms with Crippen molar-refractivity contribution in [2.45, 2.75) is 6.92 Å². The molecule has 0 N–H and O–H groups in total. The quantitative estimate of drug-likeness (QED) is 0.0946. The van der Waals surface area contributed by atoms with Crippen LogP contribution in [0.15, 0.2) is 41.3 Å². The Balaban J connectivity index is 1.76. The molecule has 2 amide bonds. The van der Waals surface area contributed by atoms with Crippen LogP contribution in [0.1, 0.15) is 22.8 Å². The number of esters is 1. The maximum Gasteiger partial charge on any atom is 0.344 e. The van der Waals surface area contributed by atoms with E-state index in [9.17, 15) is 29.3 Å². The summed E-state index contributed by atoms with van der Waals surface area (Å²) in [7, 11) is 1.42. The molecule has 1 saturated heterocycles. The highest BCUT2D eigenvalue weighted by atomic mass is 127. The zero-order valence-corrected chi connectivity index (χ0v) is 22.0. The molecule has 0 bridgehead atoms. The minimum absolute atomic E-state index is 0.106. The fourth-order valence-electron chi connectivity index (χ4n) is 3.09. The summed E-state index contributed by atoms with van der Waals surface area (Å²) in [5.41, 5.74) is 0.497. The van der Waals surface area contributed by atoms with Crippen LogP contribution in [0.3, 0.4) is 0 Å². The van der Waals surface area contributed by atoms with Gasteiger partial charge >= 0.3 is 5.97 Å². The largest absolute Gasteiger partial charge is 0.493 e. The number of amides is 2. The van der Waals surface area contributed by atoms with Crippen LogP contribution in [-0.2, 0) is 14.3 Å². The van der Waals surface area contributed by atoms with Gasteiger partial charge < -0.3 is 14.2 Å². The summed E-state index contributed by atoms with van der Waals surface area (Å²) in [6.07, 6.45) is 1.49. The fourth-order valence-corrected chi connectivity index (χ4v) is 4.71. The first kappa shape index (κ1) is 27.1. The Hall–Kier alpha value is -3.46. The van der Waals surface area contributed by atoms with Crippen LogP contribution in [0.2, 0.25) is 0 Å². The zero-order valence-electron chi connectivity index (χ0n) is 19.0. The Bertz CT molecular complexity index is 1260. The van der Waals surface area contributed by atoms with Crippen LogP contribution < -0.4 is 9.47 Å². The molecule has 1 aliphatic rings. The summed E-state index contributed by atoms with van der Waals surface area (Å²) in [6.45, 7) is 1.11. The molecule has 2 aromatic carbocycles. The Kier molecular flexibility index (Phi) is 9.03. The van der Waals surface area contributed by atoms with E-state index >= 15 is 0 Å². The van der Waals surface area contributed by atoms with Crippen LogP contribution in [0.4, 0.5) is 10.5 Å². The predicted molar refractivity (Wildman–Crippen MR) is 138 cm³/mol. The molecule has 0 unspecified atom stereocenters. The Morgan fingerprint density at radius 1 is 1.19 bits per heavy atom. The first-order chi connectivity index (χ1) is 17.1. The lowest BCUT2D eigenvalue weighted by molar-refractivity contribution is -0.384. The monoisotopic (exact) mass is 626 g/mol. The Morgan fingerprint density at radius 3 is 2.50 bits per heavy atom. The molecule has 1 fully saturated rings. The van der Waals surface area contributed by atoms with Crippen LogP contribution in [0, 0.1) is 13.7 Å². The predicted octanol–water partition coefficient (Wildman–Crippen LogP) is 4.07. The normalized spacial score (nSPS) is 14.2. The zero-order chi connectivity index (χ0) is 26.4. The van der Waals surface area contributed by atoms with Gasteiger partial charge in [-0.25, -0.2) is 4.79 Å². The van der Waals surface area contributed by atoms with Gasteiger partial charge in [-0.2, -0.15) is 0 Å². The van der Waals surface area contributed by atoms with E-state index in [1.54, 1.807) is 19.1 Å². The molecular formula is C23H19IN2O9S. The Labute approximate surface area is 223 Å². The number of non-ortho nitro benzene ring substituents is 1. The van der Waals surface area contributed by atoms with Crippen molar-refractivity contribution < 1.29 is 38.3 Å². The van der Waals surface area contributed by atoms with E-state index < -0.39 is 34.4 Å². The summed E-state index contributed by atoms with van der Waals surface area (Å²) in [4.78, 5) is 60.5. The van der Waals surface area contributed by atoms with Gasteiger partial charge in [-0.05, 0) is 77.2 Å². The number of methoxy groups -OCH3 is 1. The molecule has 1 heterocycles. The lowest BCUT2D eigenvalue weighted by Crippen LogP contribution is -2.33. The lowest BCUT2D eigenvalue weighted by atomic mass is 10.1. The van der Waals surface area contributed by atoms with Crippen LogP contribution >= 0.6 is 34.4 Å². The fraction of sp³-hybridized carbons (Fsp3) is 0.217. The van der Waals surface area contributed by atoms with Crippen LogP contribution in [0.25, 0.3) is 6.08 Å². The standard InChI is InChI=1S/C23H19IN2O9S/c1-3-34-20(28)12-35-21-16(24)8-13(9-18(21)33-2)10-19-22(29)25(23(30)36-19)11-17(27)14-4-6-15(7-5-14)26(31)32/h4-10H,3,11-12H2,1-2H3/b19-10+. The molecule has 0 spiro atoms. The summed E-state index contributed by atoms with van der Waals surface area (Å²) in [6, 6.07) is 8.16. The number of benzene rings is 2. The van der Waals surface area contributed by atoms with E-state index in [-0.39, 0.29) is 29.4 Å². The molecule has 188 valence electrons. The minimum atomic E-state index is -0.642. The number of thioether (sulfide) groups is 1. The highest BCUT2D eigenvalue weighted by molar-refractivity contribution is 14.1. The van der Waals surface area contributed by atoms with Crippen LogP contribution in [0.5, 0.6) is 11.5 Å². The minimum Gasteiger partial charge on any atom is -0.493 e. The second-order valence-electron chi connectivity index (χ2n) is 7.12. The van der Waals surface area contributed by atoms with Crippen molar-refractivity contribution in [3.8, 4) is 11.5 Å². The van der Waals surface area contributed by atoms with E-state index in [4.69, 9.17) is 14.2 Å². The van der Waals surface area contributed by atoms with E-state index in [0.717, 1.165) is 4.90 Å². The first-order valence-electron chi connectivity index (χ1n) is 10.3. The van der Waals surface area contributed by atoms with Gasteiger partial charge in [0.05, 0.1) is 33.7 Å². The maximum absolute atomic E-state index is 12.8. The van der Waals surface area contributed by atoms with Crippen molar-refractivity contribution in [3.05, 3.63) is 66.1 Å². The van der Waals surface area contributed by atoms with Gasteiger partial charge in [0.15, 0.2) is 23.9 Å². The van der Waals surface area contributed by atoms with Gasteiger partial charge in [-0.3, -0.25) is 29.4 Å². The number of ether oxygens (including phenoxy) is 3. The highest BCUT2D eigenvalue weighted by Gasteiger charge is 2.36. The average Bonchev–Trinajstić information content (AvgIpc) is 3.10. The van der Waals surface area contributed by atoms with Crippen molar-refractivity contribution in [1.29, 1.82) is 0 Å². The number of Topliss-reactive ketones (excluding diaryl/α,β-unsaturated/α-hetero) is 1. The van der Waals surface area contributed by atoms with E-state index in [0.29, 0.717) is 32.4 Å². The molecule has 0 saturated carbocycles. The molecule has 0 aromatic heterocycles. The van der Waals surface area contributed by atoms with Crippen molar-refractivity contribution in [3.63, 3.8) is 0 Å². The summed E-state index contributed by atoms with van der Waals surface area (Å²) >= 11 is 2.67. The number of carbonyl (C=O) groups excluding carboxylic acids is 4. The van der Waals surface area contributed by atoms with Gasteiger partial charge in [0.1, 0.15) is 0 Å². The topological polar surface area (TPSA) is 142 Å². The highest BCUT2D eigenvalue weighted by Crippen LogP contribution is 2.37. The molecule has 0 radical (unpaired) electrons. The number of nitro benzene ring substituents is 1. The van der Waals surface area contributed by atoms with Crippen molar-refractivity contribution in [2.24, 2.45) is 0 Å². The third kappa shape index (κ3) is 6.40. The SMILES string of the molecule is CCOC(=O)COc1c(I)cc(/C=C2/SC(=O)N(CC(=O)c3ccc([N+](=O)[O-])cc3)C2=O)cc1OC. The molecule has 11 nitrogen and oxygen atoms in total. The number of halogens is 1. The smallest absolute Gasteiger partial charge is 0.344 e. The van der Waals surface area contributed by atoms with Gasteiger partial charge in [0.2, 0.25) is 0 Å². The third-order valence-corrected chi connectivity index (χ3v) is 6.47. The number of hydrogen-bond acceptors (Lipinski definition) is 10. The number of imide groups is 1. The number of carbonyl (C=O) groups is 4. The molecule has 3 rings (SSSR count). The molecule has 0 atom stereocenters. The molecule has 13 heteroatoms. The summed E-state index contributed by atoms with van der Waals surface area (Å²) in [5, 5.41) is 10.2. The van der Waals surface area contributed by atoms with Gasteiger partial charge in [0, 0.05) is 17.7 Å². The number of hydrogen-bond donors (Lipinski definition) is 0. The third-order valence-electron chi connectivity index (χ3n) is 4.76. The maximum atomic E-state index is 12.8. The van der Waals surface area contributed by atoms with Gasteiger partial charge in [0.25, 0.3) is 16.8 Å². The number of nitrogens with zero attached hydrogens (tertiary/aromatic N) is 2. The van der Waals surface area contributed by atoms with E-state index in [1.807, 2.05) is 22.6 Å². The average molecular weight is 626 g/mol. The lowest BCUT2D eigenvalue weighted by Gasteiger charge is -2.13. The molecule has 0 aliphatic carbocycles. The number of ketones is 1. The van der Waals surface area contributed by atoms with Crippen molar-refractivity contribution >= 4 is 69.0 Å². The van der Waals surface area contributed by atoms with Gasteiger partial charge in [-0.1, -0.05) is 0 Å². The van der Waals surface area contributed by atoms with Gasteiger partial charge in [-0.15, -0.1) is 0 Å². The van der Waals surface area contributed by atoms with E-state index in [2.05, 4.69) is 0 Å². The molecule has 36 heavy (non-hydrogen) atoms. The number of rotatable bonds is 10. The molecular weight excluding hydrogens is 607 g/mol. The van der Waals surface area contributed by atoms with Crippen molar-refractivity contribution in [1.82, 2.24) is 4.90 Å². The second-order valence-corrected chi connectivity index (χ2v) is 9.28. The van der Waals surface area contributed by atoms with Crippen LogP contribution in [-0.4, -0.2) is 59.6 Å². The Morgan fingerprint density at radius 2 is 1.89 bits per heavy atom. The number of nitro groups is 1. The van der Waals surface area contributed by atoms with Crippen molar-refractivity contribution in [2.75, 3.05) is 26.9 Å². The first-order valence-corrected chi connectivity index (χ1v) is 12.2. The summed E-state index contributed by atoms with van der Waals surface area (Å²) < 4.78 is 16.3. The van der Waals surface area contributed by atoms with E-state index in [1.165, 1.54) is 37.5 Å². The summed E-state index contributed by atoms with van der Waals surface area (Å²) in [5.74, 6) is -1.07. The second kappa shape index (κ2) is 12.0. The molecule has 2 aromatic rings. The molecule has 1 aliphatic heterocycles.